The number of benzene rings is 1. The van der Waals surface area contributed by atoms with Crippen molar-refractivity contribution in [1.29, 1.82) is 0 Å². The predicted octanol–water partition coefficient (Wildman–Crippen LogP) is 1.09. The van der Waals surface area contributed by atoms with Crippen LogP contribution < -0.4 is 11.4 Å². The number of hydrogen-bond donors (Lipinski definition) is 1. The molecule has 0 aliphatic heterocycles. The number of rotatable bonds is 4. The number of carbonyl (C=O) groups is 1. The number of nitrogens with two attached hydrogens (primary N) is 1. The van der Waals surface area contributed by atoms with Crippen LogP contribution in [-0.4, -0.2) is 25.2 Å². The zero-order valence-corrected chi connectivity index (χ0v) is 12.9. The van der Waals surface area contributed by atoms with Crippen molar-refractivity contribution in [3.8, 4) is 5.13 Å². The van der Waals surface area contributed by atoms with Crippen molar-refractivity contribution in [2.45, 2.75) is 13.5 Å². The van der Waals surface area contributed by atoms with Crippen LogP contribution in [-0.2, 0) is 6.54 Å². The summed E-state index contributed by atoms with van der Waals surface area (Å²) >= 11 is 1.02. The Morgan fingerprint density at radius 3 is 2.87 bits per heavy atom. The summed E-state index contributed by atoms with van der Waals surface area (Å²) in [4.78, 5) is 28.1. The molecule has 0 aliphatic carbocycles. The van der Waals surface area contributed by atoms with Gasteiger partial charge in [-0.25, -0.2) is 23.4 Å². The first-order valence-corrected chi connectivity index (χ1v) is 7.44. The molecule has 1 amide bonds. The van der Waals surface area contributed by atoms with E-state index < -0.39 is 11.6 Å². The molecular formula is C14H12FN5O2S. The van der Waals surface area contributed by atoms with Crippen molar-refractivity contribution in [2.75, 3.05) is 0 Å². The molecule has 7 nitrogen and oxygen atoms in total. The monoisotopic (exact) mass is 333 g/mol. The summed E-state index contributed by atoms with van der Waals surface area (Å²) in [6, 6.07) is 5.93. The highest BCUT2D eigenvalue weighted by Crippen LogP contribution is 2.19. The van der Waals surface area contributed by atoms with Gasteiger partial charge in [-0.1, -0.05) is 23.5 Å². The first kappa shape index (κ1) is 15.1. The number of carbonyl (C=O) groups excluding carboxylic acids is 1. The van der Waals surface area contributed by atoms with Crippen molar-refractivity contribution >= 4 is 17.2 Å². The molecule has 3 rings (SSSR count). The summed E-state index contributed by atoms with van der Waals surface area (Å²) in [5.74, 6) is -0.969. The van der Waals surface area contributed by atoms with Crippen LogP contribution in [0.25, 0.3) is 5.13 Å². The van der Waals surface area contributed by atoms with Gasteiger partial charge in [0.2, 0.25) is 0 Å². The molecule has 23 heavy (non-hydrogen) atoms. The van der Waals surface area contributed by atoms with Crippen LogP contribution in [0.5, 0.6) is 0 Å². The van der Waals surface area contributed by atoms with Gasteiger partial charge in [0.1, 0.15) is 17.0 Å². The fourth-order valence-electron chi connectivity index (χ4n) is 2.10. The van der Waals surface area contributed by atoms with Crippen molar-refractivity contribution in [3.63, 3.8) is 0 Å². The Labute approximate surface area is 133 Å². The minimum absolute atomic E-state index is 0.136. The number of primary amides is 1. The molecule has 0 unspecified atom stereocenters. The molecule has 0 saturated heterocycles. The second-order valence-electron chi connectivity index (χ2n) is 4.85. The van der Waals surface area contributed by atoms with E-state index in [0.29, 0.717) is 21.3 Å². The third-order valence-electron chi connectivity index (χ3n) is 3.17. The van der Waals surface area contributed by atoms with E-state index in [1.54, 1.807) is 19.1 Å². The molecule has 0 radical (unpaired) electrons. The van der Waals surface area contributed by atoms with Crippen LogP contribution in [0, 0.1) is 12.7 Å². The lowest BCUT2D eigenvalue weighted by atomic mass is 10.2. The van der Waals surface area contributed by atoms with Crippen molar-refractivity contribution in [1.82, 2.24) is 19.3 Å². The van der Waals surface area contributed by atoms with E-state index in [4.69, 9.17) is 5.73 Å². The van der Waals surface area contributed by atoms with E-state index >= 15 is 0 Å². The number of halogens is 1. The summed E-state index contributed by atoms with van der Waals surface area (Å²) in [5, 5.41) is 4.31. The van der Waals surface area contributed by atoms with E-state index in [2.05, 4.69) is 10.1 Å². The molecule has 2 aromatic heterocycles. The highest BCUT2D eigenvalue weighted by molar-refractivity contribution is 7.16. The Morgan fingerprint density at radius 1 is 1.43 bits per heavy atom. The maximum absolute atomic E-state index is 13.2. The Kier molecular flexibility index (Phi) is 3.78. The first-order valence-electron chi connectivity index (χ1n) is 6.62. The largest absolute Gasteiger partial charge is 0.365 e. The van der Waals surface area contributed by atoms with Gasteiger partial charge in [0.15, 0.2) is 5.13 Å². The maximum Gasteiger partial charge on any atom is 0.352 e. The highest BCUT2D eigenvalue weighted by atomic mass is 32.1. The standard InChI is InChI=1S/C14H12FN5O2S/c1-8-11(12(16)21)23-13(18-8)19-7-17-20(14(19)22)6-9-3-2-4-10(15)5-9/h2-5,7H,6H2,1H3,(H2,16,21). The van der Waals surface area contributed by atoms with E-state index in [0.717, 1.165) is 11.3 Å². The van der Waals surface area contributed by atoms with Gasteiger partial charge in [0.05, 0.1) is 12.2 Å². The Bertz CT molecular complexity index is 943. The van der Waals surface area contributed by atoms with Crippen LogP contribution >= 0.6 is 11.3 Å². The van der Waals surface area contributed by atoms with Gasteiger partial charge in [-0.05, 0) is 24.6 Å². The minimum atomic E-state index is -0.591. The number of thiazole rings is 1. The average Bonchev–Trinajstić information content (AvgIpc) is 3.03. The van der Waals surface area contributed by atoms with E-state index in [9.17, 15) is 14.0 Å². The number of nitrogens with zero attached hydrogens (tertiary/aromatic N) is 4. The van der Waals surface area contributed by atoms with Gasteiger partial charge in [0.25, 0.3) is 5.91 Å². The molecule has 1 aromatic carbocycles. The fraction of sp³-hybridized carbons (Fsp3) is 0.143. The van der Waals surface area contributed by atoms with Gasteiger partial charge in [-0.3, -0.25) is 4.79 Å². The van der Waals surface area contributed by atoms with E-state index in [1.807, 2.05) is 0 Å². The summed E-state index contributed by atoms with van der Waals surface area (Å²) in [6.45, 7) is 1.78. The second-order valence-corrected chi connectivity index (χ2v) is 5.82. The topological polar surface area (TPSA) is 95.8 Å². The molecule has 0 bridgehead atoms. The van der Waals surface area contributed by atoms with Crippen molar-refractivity contribution < 1.29 is 9.18 Å². The van der Waals surface area contributed by atoms with E-state index in [-0.39, 0.29) is 12.4 Å². The van der Waals surface area contributed by atoms with Gasteiger partial charge in [-0.15, -0.1) is 0 Å². The van der Waals surface area contributed by atoms with Gasteiger partial charge in [-0.2, -0.15) is 5.10 Å². The summed E-state index contributed by atoms with van der Waals surface area (Å²) in [7, 11) is 0. The molecule has 3 aromatic rings. The molecule has 0 aliphatic rings. The molecule has 0 fully saturated rings. The smallest absolute Gasteiger partial charge is 0.352 e. The average molecular weight is 333 g/mol. The number of aromatic nitrogens is 4. The summed E-state index contributed by atoms with van der Waals surface area (Å²) in [5.41, 5.74) is 5.90. The molecule has 118 valence electrons. The summed E-state index contributed by atoms with van der Waals surface area (Å²) in [6.07, 6.45) is 1.31. The molecule has 2 heterocycles. The number of hydrogen-bond acceptors (Lipinski definition) is 5. The third kappa shape index (κ3) is 2.90. The molecule has 9 heteroatoms. The van der Waals surface area contributed by atoms with Crippen molar-refractivity contribution in [2.24, 2.45) is 5.73 Å². The Morgan fingerprint density at radius 2 is 2.22 bits per heavy atom. The second kappa shape index (κ2) is 5.76. The Hall–Kier alpha value is -2.81. The molecule has 0 saturated carbocycles. The first-order chi connectivity index (χ1) is 11.0. The van der Waals surface area contributed by atoms with Crippen LogP contribution in [0.1, 0.15) is 20.9 Å². The number of amides is 1. The van der Waals surface area contributed by atoms with Crippen LogP contribution in [0.2, 0.25) is 0 Å². The minimum Gasteiger partial charge on any atom is -0.365 e. The van der Waals surface area contributed by atoms with E-state index in [1.165, 1.54) is 27.7 Å². The third-order valence-corrected chi connectivity index (χ3v) is 4.34. The van der Waals surface area contributed by atoms with Gasteiger partial charge in [0, 0.05) is 0 Å². The van der Waals surface area contributed by atoms with Crippen LogP contribution in [0.3, 0.4) is 0 Å². The quantitative estimate of drug-likeness (QED) is 0.773. The molecule has 0 atom stereocenters. The lowest BCUT2D eigenvalue weighted by Gasteiger charge is -2.00. The summed E-state index contributed by atoms with van der Waals surface area (Å²) < 4.78 is 15.6. The lowest BCUT2D eigenvalue weighted by molar-refractivity contribution is 0.100. The molecular weight excluding hydrogens is 321 g/mol. The SMILES string of the molecule is Cc1nc(-n2cnn(Cc3cccc(F)c3)c2=O)sc1C(N)=O. The van der Waals surface area contributed by atoms with Crippen LogP contribution in [0.15, 0.2) is 35.4 Å². The maximum atomic E-state index is 13.2. The predicted molar refractivity (Wildman–Crippen MR) is 82.3 cm³/mol. The Balaban J connectivity index is 1.95. The normalized spacial score (nSPS) is 10.9. The lowest BCUT2D eigenvalue weighted by Crippen LogP contribution is -2.24. The fourth-order valence-corrected chi connectivity index (χ4v) is 2.98. The van der Waals surface area contributed by atoms with Crippen LogP contribution in [0.4, 0.5) is 4.39 Å². The molecule has 2 N–H and O–H groups in total. The van der Waals surface area contributed by atoms with Crippen molar-refractivity contribution in [3.05, 3.63) is 63.0 Å². The number of aryl methyl sites for hydroxylation is 1. The highest BCUT2D eigenvalue weighted by Gasteiger charge is 2.16. The van der Waals surface area contributed by atoms with Gasteiger partial charge < -0.3 is 5.73 Å². The van der Waals surface area contributed by atoms with Gasteiger partial charge >= 0.3 is 5.69 Å². The molecule has 0 spiro atoms. The zero-order valence-electron chi connectivity index (χ0n) is 12.1. The zero-order chi connectivity index (χ0) is 16.6.